The highest BCUT2D eigenvalue weighted by atomic mass is 35.5. The first-order chi connectivity index (χ1) is 12.7. The summed E-state index contributed by atoms with van der Waals surface area (Å²) in [6.45, 7) is 5.27. The van der Waals surface area contributed by atoms with Crippen molar-refractivity contribution in [2.75, 3.05) is 7.11 Å². The third-order valence-electron chi connectivity index (χ3n) is 3.48. The number of ether oxygens (including phenoxy) is 2. The summed E-state index contributed by atoms with van der Waals surface area (Å²) in [5, 5.41) is 0.230. The van der Waals surface area contributed by atoms with Crippen molar-refractivity contribution in [2.24, 2.45) is 0 Å². The van der Waals surface area contributed by atoms with Crippen LogP contribution >= 0.6 is 20.7 Å². The van der Waals surface area contributed by atoms with E-state index in [9.17, 15) is 9.59 Å². The average Bonchev–Trinajstić information content (AvgIpc) is 2.62. The number of hydrogen-bond donors (Lipinski definition) is 0. The van der Waals surface area contributed by atoms with Crippen LogP contribution in [0.1, 0.15) is 42.6 Å². The van der Waals surface area contributed by atoms with Gasteiger partial charge >= 0.3 is 15.1 Å². The summed E-state index contributed by atoms with van der Waals surface area (Å²) in [4.78, 5) is 26.0. The summed E-state index contributed by atoms with van der Waals surface area (Å²) in [5.74, 6) is -1.87. The van der Waals surface area contributed by atoms with Crippen molar-refractivity contribution >= 4 is 32.5 Å². The molecule has 144 valence electrons. The SMILES string of the molecule is COc1cccc(Cl)c1C(=O)C(C(=O)OC(C)(C)C)c1ccccc1.O=[PH2+]. The van der Waals surface area contributed by atoms with Gasteiger partial charge in [0.1, 0.15) is 17.3 Å². The van der Waals surface area contributed by atoms with Gasteiger partial charge in [-0.25, -0.2) is 0 Å². The molecule has 2 unspecified atom stereocenters. The third kappa shape index (κ3) is 6.16. The summed E-state index contributed by atoms with van der Waals surface area (Å²) >= 11 is 6.22. The van der Waals surface area contributed by atoms with Crippen LogP contribution in [0, 0.1) is 0 Å². The maximum absolute atomic E-state index is 13.2. The second kappa shape index (κ2) is 10.2. The Morgan fingerprint density at radius 2 is 1.59 bits per heavy atom. The number of carbonyl (C=O) groups excluding carboxylic acids is 2. The lowest BCUT2D eigenvalue weighted by Crippen LogP contribution is -2.31. The molecule has 2 aromatic rings. The lowest BCUT2D eigenvalue weighted by molar-refractivity contribution is -0.155. The van der Waals surface area contributed by atoms with Crippen molar-refractivity contribution in [2.45, 2.75) is 32.3 Å². The van der Waals surface area contributed by atoms with Gasteiger partial charge in [0.05, 0.1) is 17.7 Å². The highest BCUT2D eigenvalue weighted by Crippen LogP contribution is 2.33. The zero-order chi connectivity index (χ0) is 20.6. The monoisotopic (exact) mass is 409 g/mol. The van der Waals surface area contributed by atoms with E-state index < -0.39 is 23.3 Å². The summed E-state index contributed by atoms with van der Waals surface area (Å²) in [7, 11) is 2.62. The van der Waals surface area contributed by atoms with E-state index >= 15 is 0 Å². The van der Waals surface area contributed by atoms with Crippen LogP contribution in [0.15, 0.2) is 48.5 Å². The number of methoxy groups -OCH3 is 1. The zero-order valence-corrected chi connectivity index (χ0v) is 17.6. The van der Waals surface area contributed by atoms with Gasteiger partial charge in [0, 0.05) is 0 Å². The fourth-order valence-corrected chi connectivity index (χ4v) is 2.72. The van der Waals surface area contributed by atoms with Gasteiger partial charge in [-0.3, -0.25) is 9.59 Å². The lowest BCUT2D eigenvalue weighted by atomic mass is 9.90. The number of carbonyl (C=O) groups is 2. The van der Waals surface area contributed by atoms with E-state index in [0.29, 0.717) is 11.3 Å². The van der Waals surface area contributed by atoms with Gasteiger partial charge < -0.3 is 9.47 Å². The first kappa shape index (κ1) is 22.8. The Kier molecular flexibility index (Phi) is 8.61. The van der Waals surface area contributed by atoms with Crippen molar-refractivity contribution in [1.82, 2.24) is 0 Å². The van der Waals surface area contributed by atoms with Gasteiger partial charge in [0.25, 0.3) is 0 Å². The van der Waals surface area contributed by atoms with Gasteiger partial charge in [0.15, 0.2) is 5.78 Å². The summed E-state index contributed by atoms with van der Waals surface area (Å²) in [6, 6.07) is 13.7. The highest BCUT2D eigenvalue weighted by molar-refractivity contribution is 7.00. The van der Waals surface area contributed by atoms with Crippen LogP contribution in [-0.4, -0.2) is 24.5 Å². The topological polar surface area (TPSA) is 69.7 Å². The van der Waals surface area contributed by atoms with Crippen molar-refractivity contribution in [3.8, 4) is 5.75 Å². The minimum absolute atomic E-state index is 0.173. The van der Waals surface area contributed by atoms with E-state index in [2.05, 4.69) is 0 Å². The predicted molar refractivity (Wildman–Crippen MR) is 108 cm³/mol. The molecule has 0 aliphatic carbocycles. The molecule has 0 aliphatic heterocycles. The maximum Gasteiger partial charge on any atom is 0.321 e. The molecule has 5 nitrogen and oxygen atoms in total. The number of ketones is 1. The Morgan fingerprint density at radius 3 is 2.11 bits per heavy atom. The number of esters is 1. The van der Waals surface area contributed by atoms with E-state index in [0.717, 1.165) is 0 Å². The molecular weight excluding hydrogens is 387 g/mol. The van der Waals surface area contributed by atoms with Crippen LogP contribution in [-0.2, 0) is 14.1 Å². The molecule has 0 aromatic heterocycles. The Balaban J connectivity index is 0.00000176. The Hall–Kier alpha value is -2.23. The van der Waals surface area contributed by atoms with E-state index in [1.807, 2.05) is 6.07 Å². The minimum Gasteiger partial charge on any atom is -0.496 e. The standard InChI is InChI=1S/C20H21ClO4.H2OP/c1-20(2,3)25-19(23)16(13-9-6-5-7-10-13)18(22)17-14(21)11-8-12-15(17)24-4;1-2/h5-12,16H,1-4H3;2H2/q;+1. The minimum atomic E-state index is -1.12. The van der Waals surface area contributed by atoms with Crippen LogP contribution in [0.3, 0.4) is 0 Å². The fourth-order valence-electron chi connectivity index (χ4n) is 2.46. The Morgan fingerprint density at radius 1 is 1.00 bits per heavy atom. The lowest BCUT2D eigenvalue weighted by Gasteiger charge is -2.24. The highest BCUT2D eigenvalue weighted by Gasteiger charge is 2.35. The number of hydrogen-bond acceptors (Lipinski definition) is 5. The number of Topliss-reactive ketones (excluding diaryl/α,β-unsaturated/α-hetero) is 1. The molecule has 0 N–H and O–H groups in total. The van der Waals surface area contributed by atoms with E-state index in [4.69, 9.17) is 25.6 Å². The molecule has 0 bridgehead atoms. The summed E-state index contributed by atoms with van der Waals surface area (Å²) in [6.07, 6.45) is 0. The van der Waals surface area contributed by atoms with Gasteiger partial charge in [-0.1, -0.05) is 52.6 Å². The largest absolute Gasteiger partial charge is 0.496 e. The molecule has 2 rings (SSSR count). The Labute approximate surface area is 166 Å². The Bertz CT molecular complexity index is 787. The zero-order valence-electron chi connectivity index (χ0n) is 15.7. The van der Waals surface area contributed by atoms with Gasteiger partial charge in [0.2, 0.25) is 0 Å². The maximum atomic E-state index is 13.2. The van der Waals surface area contributed by atoms with Gasteiger partial charge in [-0.15, -0.1) is 0 Å². The second-order valence-corrected chi connectivity index (χ2v) is 6.97. The van der Waals surface area contributed by atoms with Crippen LogP contribution in [0.5, 0.6) is 5.75 Å². The van der Waals surface area contributed by atoms with Crippen LogP contribution in [0.4, 0.5) is 0 Å². The van der Waals surface area contributed by atoms with Crippen molar-refractivity contribution in [1.29, 1.82) is 0 Å². The first-order valence-electron chi connectivity index (χ1n) is 8.12. The summed E-state index contributed by atoms with van der Waals surface area (Å²) < 4.78 is 18.9. The second-order valence-electron chi connectivity index (χ2n) is 6.56. The molecular formula is C20H23ClO5P+. The van der Waals surface area contributed by atoms with Gasteiger partial charge in [-0.2, -0.15) is 0 Å². The third-order valence-corrected chi connectivity index (χ3v) is 3.79. The van der Waals surface area contributed by atoms with E-state index in [-0.39, 0.29) is 10.6 Å². The molecule has 0 amide bonds. The molecule has 0 aliphatic rings. The van der Waals surface area contributed by atoms with Crippen molar-refractivity contribution in [3.05, 3.63) is 64.7 Å². The molecule has 0 saturated heterocycles. The molecule has 2 aromatic carbocycles. The number of rotatable bonds is 5. The van der Waals surface area contributed by atoms with Crippen LogP contribution in [0.2, 0.25) is 5.02 Å². The van der Waals surface area contributed by atoms with Crippen molar-refractivity contribution in [3.63, 3.8) is 0 Å². The molecule has 0 spiro atoms. The average molecular weight is 410 g/mol. The summed E-state index contributed by atoms with van der Waals surface area (Å²) in [5.41, 5.74) is 0.00436. The normalized spacial score (nSPS) is 11.6. The predicted octanol–water partition coefficient (Wildman–Crippen LogP) is 4.86. The molecule has 0 fully saturated rings. The molecule has 0 heterocycles. The van der Waals surface area contributed by atoms with Crippen LogP contribution < -0.4 is 4.74 Å². The molecule has 2 atom stereocenters. The number of benzene rings is 2. The van der Waals surface area contributed by atoms with Gasteiger partial charge in [-0.05, 0) is 38.5 Å². The van der Waals surface area contributed by atoms with E-state index in [1.54, 1.807) is 63.2 Å². The fraction of sp³-hybridized carbons (Fsp3) is 0.300. The molecule has 0 radical (unpaired) electrons. The molecule has 0 saturated carbocycles. The van der Waals surface area contributed by atoms with Crippen molar-refractivity contribution < 1.29 is 23.6 Å². The molecule has 27 heavy (non-hydrogen) atoms. The smallest absolute Gasteiger partial charge is 0.321 e. The van der Waals surface area contributed by atoms with E-state index in [1.165, 1.54) is 16.2 Å². The van der Waals surface area contributed by atoms with Crippen LogP contribution in [0.25, 0.3) is 0 Å². The number of halogens is 1. The quantitative estimate of drug-likeness (QED) is 0.305. The first-order valence-corrected chi connectivity index (χ1v) is 8.97. The molecule has 7 heteroatoms.